The van der Waals surface area contributed by atoms with Crippen molar-refractivity contribution in [2.24, 2.45) is 11.1 Å². The van der Waals surface area contributed by atoms with E-state index in [4.69, 9.17) is 5.73 Å². The fourth-order valence-corrected chi connectivity index (χ4v) is 3.16. The van der Waals surface area contributed by atoms with Crippen molar-refractivity contribution in [1.29, 1.82) is 0 Å². The lowest BCUT2D eigenvalue weighted by molar-refractivity contribution is 0.0811. The van der Waals surface area contributed by atoms with E-state index < -0.39 is 0 Å². The summed E-state index contributed by atoms with van der Waals surface area (Å²) in [5.41, 5.74) is 6.28. The minimum atomic E-state index is -0.355. The van der Waals surface area contributed by atoms with Crippen LogP contribution in [0.1, 0.15) is 36.0 Å². The molecule has 1 heterocycles. The molecule has 0 radical (unpaired) electrons. The Hall–Kier alpha value is -1.74. The van der Waals surface area contributed by atoms with Crippen molar-refractivity contribution >= 4 is 16.6 Å². The summed E-state index contributed by atoms with van der Waals surface area (Å²) in [5.74, 6) is 0.178. The van der Waals surface area contributed by atoms with Crippen LogP contribution in [0.3, 0.4) is 0 Å². The molecule has 3 rings (SSSR count). The molecule has 1 aromatic heterocycles. The van der Waals surface area contributed by atoms with Gasteiger partial charge >= 0.3 is 0 Å². The number of fused-ring (bicyclic) bond motifs is 1. The monoisotopic (exact) mass is 254 g/mol. The number of carbonyl (C=O) groups excluding carboxylic acids is 1. The van der Waals surface area contributed by atoms with Gasteiger partial charge in [-0.25, -0.2) is 0 Å². The number of rotatable bonds is 3. The molecule has 98 valence electrons. The zero-order valence-electron chi connectivity index (χ0n) is 10.9. The van der Waals surface area contributed by atoms with Crippen molar-refractivity contribution in [3.8, 4) is 0 Å². The molecule has 3 heteroatoms. The van der Waals surface area contributed by atoms with E-state index in [2.05, 4.69) is 4.98 Å². The maximum absolute atomic E-state index is 12.9. The van der Waals surface area contributed by atoms with Gasteiger partial charge in [-0.15, -0.1) is 0 Å². The Labute approximate surface area is 112 Å². The second-order valence-corrected chi connectivity index (χ2v) is 5.43. The second-order valence-electron chi connectivity index (χ2n) is 5.43. The number of hydrogen-bond acceptors (Lipinski definition) is 3. The number of nitrogens with two attached hydrogens (primary N) is 1. The quantitative estimate of drug-likeness (QED) is 0.857. The van der Waals surface area contributed by atoms with E-state index in [0.717, 1.165) is 42.0 Å². The number of aromatic nitrogens is 1. The molecule has 0 saturated heterocycles. The predicted octanol–water partition coefficient (Wildman–Crippen LogP) is 2.94. The fourth-order valence-electron chi connectivity index (χ4n) is 3.16. The second kappa shape index (κ2) is 4.74. The van der Waals surface area contributed by atoms with Gasteiger partial charge in [0.25, 0.3) is 0 Å². The summed E-state index contributed by atoms with van der Waals surface area (Å²) in [6.45, 7) is 0.440. The van der Waals surface area contributed by atoms with Crippen molar-refractivity contribution in [1.82, 2.24) is 4.98 Å². The number of nitrogens with zero attached hydrogens (tertiary/aromatic N) is 1. The van der Waals surface area contributed by atoms with Gasteiger partial charge in [-0.1, -0.05) is 37.1 Å². The van der Waals surface area contributed by atoms with Gasteiger partial charge < -0.3 is 5.73 Å². The van der Waals surface area contributed by atoms with Gasteiger partial charge in [0.05, 0.1) is 0 Å². The van der Waals surface area contributed by atoms with Gasteiger partial charge in [0, 0.05) is 35.3 Å². The lowest BCUT2D eigenvalue weighted by Crippen LogP contribution is -2.36. The van der Waals surface area contributed by atoms with E-state index in [1.807, 2.05) is 24.3 Å². The molecular formula is C16H18N2O. The first kappa shape index (κ1) is 12.3. The van der Waals surface area contributed by atoms with Crippen LogP contribution >= 0.6 is 0 Å². The number of carbonyl (C=O) groups is 1. The molecule has 1 fully saturated rings. The average Bonchev–Trinajstić information content (AvgIpc) is 2.96. The maximum atomic E-state index is 12.9. The first-order chi connectivity index (χ1) is 9.27. The SMILES string of the molecule is NCC1(C(=O)c2cncc3ccccc23)CCCC1. The minimum absolute atomic E-state index is 0.178. The highest BCUT2D eigenvalue weighted by atomic mass is 16.1. The van der Waals surface area contributed by atoms with Gasteiger partial charge in [-0.3, -0.25) is 9.78 Å². The van der Waals surface area contributed by atoms with E-state index in [0.29, 0.717) is 6.54 Å². The number of benzene rings is 1. The largest absolute Gasteiger partial charge is 0.329 e. The van der Waals surface area contributed by atoms with Gasteiger partial charge in [0.2, 0.25) is 0 Å². The highest BCUT2D eigenvalue weighted by Gasteiger charge is 2.40. The third kappa shape index (κ3) is 1.94. The standard InChI is InChI=1S/C16H18N2O/c17-11-16(7-3-4-8-16)15(19)14-10-18-9-12-5-1-2-6-13(12)14/h1-2,5-6,9-10H,3-4,7-8,11,17H2. The van der Waals surface area contributed by atoms with Crippen LogP contribution in [-0.2, 0) is 0 Å². The first-order valence-electron chi connectivity index (χ1n) is 6.84. The highest BCUT2D eigenvalue weighted by Crippen LogP contribution is 2.40. The molecule has 0 aliphatic heterocycles. The normalized spacial score (nSPS) is 17.7. The molecule has 19 heavy (non-hydrogen) atoms. The van der Waals surface area contributed by atoms with Crippen LogP contribution in [0.2, 0.25) is 0 Å². The smallest absolute Gasteiger partial charge is 0.172 e. The first-order valence-corrected chi connectivity index (χ1v) is 6.84. The summed E-state index contributed by atoms with van der Waals surface area (Å²) in [6, 6.07) is 7.90. The molecule has 1 saturated carbocycles. The van der Waals surface area contributed by atoms with E-state index >= 15 is 0 Å². The summed E-state index contributed by atoms with van der Waals surface area (Å²) in [6.07, 6.45) is 7.51. The van der Waals surface area contributed by atoms with E-state index in [1.165, 1.54) is 0 Å². The Morgan fingerprint density at radius 1 is 1.21 bits per heavy atom. The molecule has 1 aliphatic carbocycles. The summed E-state index contributed by atoms with van der Waals surface area (Å²) in [7, 11) is 0. The summed E-state index contributed by atoms with van der Waals surface area (Å²) in [4.78, 5) is 17.1. The molecule has 0 bridgehead atoms. The van der Waals surface area contributed by atoms with Crippen LogP contribution in [0.5, 0.6) is 0 Å². The molecule has 3 nitrogen and oxygen atoms in total. The molecule has 0 amide bonds. The number of pyridine rings is 1. The topological polar surface area (TPSA) is 56.0 Å². The van der Waals surface area contributed by atoms with Crippen molar-refractivity contribution in [2.45, 2.75) is 25.7 Å². The van der Waals surface area contributed by atoms with Crippen LogP contribution in [0.15, 0.2) is 36.7 Å². The molecule has 0 atom stereocenters. The maximum Gasteiger partial charge on any atom is 0.172 e. The Morgan fingerprint density at radius 2 is 1.95 bits per heavy atom. The zero-order chi connectivity index (χ0) is 13.3. The van der Waals surface area contributed by atoms with E-state index in [-0.39, 0.29) is 11.2 Å². The molecule has 0 unspecified atom stereocenters. The fraction of sp³-hybridized carbons (Fsp3) is 0.375. The molecule has 0 spiro atoms. The summed E-state index contributed by atoms with van der Waals surface area (Å²) in [5, 5.41) is 2.00. The number of Topliss-reactive ketones (excluding diaryl/α,β-unsaturated/α-hetero) is 1. The Kier molecular flexibility index (Phi) is 3.07. The van der Waals surface area contributed by atoms with Gasteiger partial charge in [0.15, 0.2) is 5.78 Å². The highest BCUT2D eigenvalue weighted by molar-refractivity contribution is 6.10. The van der Waals surface area contributed by atoms with Crippen molar-refractivity contribution < 1.29 is 4.79 Å². The van der Waals surface area contributed by atoms with Crippen molar-refractivity contribution in [3.05, 3.63) is 42.2 Å². The third-order valence-electron chi connectivity index (χ3n) is 4.35. The van der Waals surface area contributed by atoms with Crippen LogP contribution < -0.4 is 5.73 Å². The zero-order valence-corrected chi connectivity index (χ0v) is 10.9. The predicted molar refractivity (Wildman–Crippen MR) is 76.0 cm³/mol. The Morgan fingerprint density at radius 3 is 2.68 bits per heavy atom. The lowest BCUT2D eigenvalue weighted by atomic mass is 9.78. The summed E-state index contributed by atoms with van der Waals surface area (Å²) >= 11 is 0. The molecule has 1 aromatic carbocycles. The van der Waals surface area contributed by atoms with Crippen LogP contribution in [0, 0.1) is 5.41 Å². The minimum Gasteiger partial charge on any atom is -0.329 e. The summed E-state index contributed by atoms with van der Waals surface area (Å²) < 4.78 is 0. The van der Waals surface area contributed by atoms with E-state index in [9.17, 15) is 4.79 Å². The van der Waals surface area contributed by atoms with Crippen molar-refractivity contribution in [2.75, 3.05) is 6.54 Å². The molecule has 2 aromatic rings. The number of hydrogen-bond donors (Lipinski definition) is 1. The number of ketones is 1. The van der Waals surface area contributed by atoms with Gasteiger partial charge in [0.1, 0.15) is 0 Å². The average molecular weight is 254 g/mol. The van der Waals surface area contributed by atoms with Gasteiger partial charge in [-0.05, 0) is 18.2 Å². The third-order valence-corrected chi connectivity index (χ3v) is 4.35. The Balaban J connectivity index is 2.11. The van der Waals surface area contributed by atoms with Gasteiger partial charge in [-0.2, -0.15) is 0 Å². The lowest BCUT2D eigenvalue weighted by Gasteiger charge is -2.25. The van der Waals surface area contributed by atoms with Crippen molar-refractivity contribution in [3.63, 3.8) is 0 Å². The van der Waals surface area contributed by atoms with Crippen LogP contribution in [0.4, 0.5) is 0 Å². The molecule has 2 N–H and O–H groups in total. The van der Waals surface area contributed by atoms with Crippen LogP contribution in [0.25, 0.3) is 10.8 Å². The van der Waals surface area contributed by atoms with E-state index in [1.54, 1.807) is 12.4 Å². The molecular weight excluding hydrogens is 236 g/mol. The van der Waals surface area contributed by atoms with Crippen LogP contribution in [-0.4, -0.2) is 17.3 Å². The Bertz CT molecular complexity index is 610. The molecule has 1 aliphatic rings.